The molecule has 170 valence electrons. The van der Waals surface area contributed by atoms with Crippen molar-refractivity contribution in [2.24, 2.45) is 0 Å². The minimum Gasteiger partial charge on any atom is -0.376 e. The van der Waals surface area contributed by atoms with Crippen molar-refractivity contribution in [2.45, 2.75) is 44.5 Å². The number of carbonyl (C=O) groups excluding carboxylic acids is 1. The van der Waals surface area contributed by atoms with Crippen LogP contribution in [0.3, 0.4) is 0 Å². The van der Waals surface area contributed by atoms with Crippen LogP contribution < -0.4 is 0 Å². The van der Waals surface area contributed by atoms with Crippen LogP contribution in [-0.2, 0) is 11.3 Å². The number of carbonyl (C=O) groups is 1. The lowest BCUT2D eigenvalue weighted by Gasteiger charge is -2.14. The molecule has 33 heavy (non-hydrogen) atoms. The van der Waals surface area contributed by atoms with Gasteiger partial charge in [0.15, 0.2) is 16.8 Å². The molecular weight excluding hydrogens is 452 g/mol. The Bertz CT molecular complexity index is 1240. The van der Waals surface area contributed by atoms with E-state index in [9.17, 15) is 4.79 Å². The van der Waals surface area contributed by atoms with Gasteiger partial charge >= 0.3 is 0 Å². The van der Waals surface area contributed by atoms with Crippen LogP contribution in [0, 0.1) is 13.8 Å². The Labute approximate surface area is 201 Å². The highest BCUT2D eigenvalue weighted by molar-refractivity contribution is 7.99. The number of thioether (sulfide) groups is 1. The number of ether oxygens (including phenoxy) is 1. The molecule has 1 fully saturated rings. The third-order valence-electron chi connectivity index (χ3n) is 6.01. The van der Waals surface area contributed by atoms with Gasteiger partial charge in [-0.1, -0.05) is 36.0 Å². The highest BCUT2D eigenvalue weighted by atomic mass is 32.2. The summed E-state index contributed by atoms with van der Waals surface area (Å²) in [5.74, 6) is 1.20. The van der Waals surface area contributed by atoms with E-state index in [2.05, 4.69) is 21.7 Å². The molecule has 1 aromatic carbocycles. The first kappa shape index (κ1) is 22.1. The molecule has 1 aliphatic rings. The van der Waals surface area contributed by atoms with E-state index in [0.717, 1.165) is 59.3 Å². The maximum Gasteiger partial charge on any atom is 0.196 e. The predicted molar refractivity (Wildman–Crippen MR) is 133 cm³/mol. The Balaban J connectivity index is 1.37. The van der Waals surface area contributed by atoms with Crippen LogP contribution in [0.15, 0.2) is 59.1 Å². The summed E-state index contributed by atoms with van der Waals surface area (Å²) in [6.07, 6.45) is 2.44. The zero-order valence-corrected chi connectivity index (χ0v) is 20.4. The van der Waals surface area contributed by atoms with Gasteiger partial charge in [0, 0.05) is 35.8 Å². The first-order valence-corrected chi connectivity index (χ1v) is 13.0. The van der Waals surface area contributed by atoms with Crippen molar-refractivity contribution in [3.63, 3.8) is 0 Å². The van der Waals surface area contributed by atoms with Crippen molar-refractivity contribution < 1.29 is 9.53 Å². The topological polar surface area (TPSA) is 61.9 Å². The van der Waals surface area contributed by atoms with Gasteiger partial charge in [-0.15, -0.1) is 21.5 Å². The summed E-state index contributed by atoms with van der Waals surface area (Å²) >= 11 is 3.06. The zero-order valence-electron chi connectivity index (χ0n) is 18.7. The lowest BCUT2D eigenvalue weighted by Crippen LogP contribution is -2.17. The molecule has 0 saturated carbocycles. The van der Waals surface area contributed by atoms with E-state index in [1.54, 1.807) is 11.3 Å². The lowest BCUT2D eigenvalue weighted by molar-refractivity contribution is 0.0957. The summed E-state index contributed by atoms with van der Waals surface area (Å²) in [6, 6.07) is 16.1. The summed E-state index contributed by atoms with van der Waals surface area (Å²) in [7, 11) is 0. The number of hydrogen-bond acceptors (Lipinski definition) is 6. The van der Waals surface area contributed by atoms with Crippen LogP contribution in [0.1, 0.15) is 34.6 Å². The molecule has 8 heteroatoms. The number of para-hydroxylation sites is 1. The van der Waals surface area contributed by atoms with Crippen molar-refractivity contribution in [3.05, 3.63) is 70.9 Å². The number of aryl methyl sites for hydroxylation is 1. The second-order valence-corrected chi connectivity index (χ2v) is 10.1. The van der Waals surface area contributed by atoms with Crippen LogP contribution in [0.4, 0.5) is 0 Å². The zero-order chi connectivity index (χ0) is 22.8. The van der Waals surface area contributed by atoms with E-state index < -0.39 is 0 Å². The Morgan fingerprint density at radius 2 is 2.03 bits per heavy atom. The number of aromatic nitrogens is 4. The van der Waals surface area contributed by atoms with E-state index in [-0.39, 0.29) is 11.9 Å². The van der Waals surface area contributed by atoms with Crippen molar-refractivity contribution in [2.75, 3.05) is 12.4 Å². The fraction of sp³-hybridized carbons (Fsp3) is 0.320. The van der Waals surface area contributed by atoms with Crippen LogP contribution in [0.25, 0.3) is 16.4 Å². The van der Waals surface area contributed by atoms with Crippen molar-refractivity contribution in [1.29, 1.82) is 0 Å². The van der Waals surface area contributed by atoms with Gasteiger partial charge in [-0.3, -0.25) is 9.36 Å². The first-order valence-electron chi connectivity index (χ1n) is 11.1. The quantitative estimate of drug-likeness (QED) is 0.245. The predicted octanol–water partition coefficient (Wildman–Crippen LogP) is 5.57. The van der Waals surface area contributed by atoms with E-state index in [1.165, 1.54) is 11.8 Å². The SMILES string of the molecule is Cc1cc(C(=O)CSc2nnc(-c3cccs3)n2-c2ccccc2)c(C)n1CC1CCCO1. The second-order valence-electron chi connectivity index (χ2n) is 8.20. The molecule has 6 nitrogen and oxygen atoms in total. The second kappa shape index (κ2) is 9.67. The summed E-state index contributed by atoms with van der Waals surface area (Å²) in [5.41, 5.74) is 3.87. The van der Waals surface area contributed by atoms with Gasteiger partial charge < -0.3 is 9.30 Å². The Morgan fingerprint density at radius 1 is 1.18 bits per heavy atom. The van der Waals surface area contributed by atoms with Gasteiger partial charge in [-0.2, -0.15) is 0 Å². The average Bonchev–Trinajstić information content (AvgIpc) is 3.63. The highest BCUT2D eigenvalue weighted by Crippen LogP contribution is 2.31. The van der Waals surface area contributed by atoms with Gasteiger partial charge in [0.1, 0.15) is 0 Å². The number of thiophene rings is 1. The number of nitrogens with zero attached hydrogens (tertiary/aromatic N) is 4. The fourth-order valence-corrected chi connectivity index (χ4v) is 5.84. The summed E-state index contributed by atoms with van der Waals surface area (Å²) in [4.78, 5) is 14.2. The maximum atomic E-state index is 13.2. The average molecular weight is 479 g/mol. The van der Waals surface area contributed by atoms with Crippen molar-refractivity contribution in [3.8, 4) is 16.4 Å². The normalized spacial score (nSPS) is 15.9. The summed E-state index contributed by atoms with van der Waals surface area (Å²) in [5, 5.41) is 11.6. The van der Waals surface area contributed by atoms with Gasteiger partial charge in [-0.05, 0) is 56.3 Å². The minimum atomic E-state index is 0.104. The molecule has 3 aromatic heterocycles. The number of benzene rings is 1. The van der Waals surface area contributed by atoms with E-state index >= 15 is 0 Å². The molecule has 0 amide bonds. The molecule has 4 heterocycles. The van der Waals surface area contributed by atoms with Crippen LogP contribution >= 0.6 is 23.1 Å². The number of Topliss-reactive ketones (excluding diaryl/α,β-unsaturated/α-hetero) is 1. The Hall–Kier alpha value is -2.68. The molecule has 1 unspecified atom stereocenters. The Kier molecular flexibility index (Phi) is 6.48. The van der Waals surface area contributed by atoms with Gasteiger partial charge in [-0.25, -0.2) is 0 Å². The Morgan fingerprint density at radius 3 is 2.76 bits per heavy atom. The summed E-state index contributed by atoms with van der Waals surface area (Å²) < 4.78 is 10.1. The smallest absolute Gasteiger partial charge is 0.196 e. The molecule has 1 atom stereocenters. The monoisotopic (exact) mass is 478 g/mol. The van der Waals surface area contributed by atoms with Crippen LogP contribution in [0.5, 0.6) is 0 Å². The third kappa shape index (κ3) is 4.55. The molecule has 0 bridgehead atoms. The van der Waals surface area contributed by atoms with Crippen molar-refractivity contribution >= 4 is 28.9 Å². The van der Waals surface area contributed by atoms with E-state index in [1.807, 2.05) is 65.4 Å². The van der Waals surface area contributed by atoms with Gasteiger partial charge in [0.25, 0.3) is 0 Å². The number of rotatable bonds is 8. The fourth-order valence-electron chi connectivity index (χ4n) is 4.30. The maximum absolute atomic E-state index is 13.2. The number of hydrogen-bond donors (Lipinski definition) is 0. The van der Waals surface area contributed by atoms with Gasteiger partial charge in [0.2, 0.25) is 0 Å². The van der Waals surface area contributed by atoms with Crippen molar-refractivity contribution in [1.82, 2.24) is 19.3 Å². The molecule has 0 N–H and O–H groups in total. The molecular formula is C25H26N4O2S2. The largest absolute Gasteiger partial charge is 0.376 e. The van der Waals surface area contributed by atoms with E-state index in [4.69, 9.17) is 4.74 Å². The minimum absolute atomic E-state index is 0.104. The highest BCUT2D eigenvalue weighted by Gasteiger charge is 2.22. The van der Waals surface area contributed by atoms with E-state index in [0.29, 0.717) is 10.9 Å². The molecule has 0 aliphatic carbocycles. The lowest BCUT2D eigenvalue weighted by atomic mass is 10.2. The van der Waals surface area contributed by atoms with Crippen LogP contribution in [-0.4, -0.2) is 43.6 Å². The molecule has 4 aromatic rings. The molecule has 5 rings (SSSR count). The molecule has 0 spiro atoms. The molecule has 0 radical (unpaired) electrons. The van der Waals surface area contributed by atoms with Gasteiger partial charge in [0.05, 0.1) is 16.7 Å². The standard InChI is InChI=1S/C25H26N4O2S2/c1-17-14-21(18(2)28(17)15-20-10-6-12-31-20)22(30)16-33-25-27-26-24(23-11-7-13-32-23)29(25)19-8-4-3-5-9-19/h3-5,7-9,11,13-14,20H,6,10,12,15-16H2,1-2H3. The number of ketones is 1. The van der Waals surface area contributed by atoms with Crippen LogP contribution in [0.2, 0.25) is 0 Å². The summed E-state index contributed by atoms with van der Waals surface area (Å²) in [6.45, 7) is 5.74. The first-order chi connectivity index (χ1) is 16.1. The third-order valence-corrected chi connectivity index (χ3v) is 7.80. The molecule has 1 aliphatic heterocycles. The molecule has 1 saturated heterocycles.